The molecule has 4 heteroatoms. The van der Waals surface area contributed by atoms with E-state index in [-0.39, 0.29) is 11.9 Å². The maximum atomic E-state index is 13.6. The van der Waals surface area contributed by atoms with E-state index in [4.69, 9.17) is 0 Å². The van der Waals surface area contributed by atoms with Crippen molar-refractivity contribution in [2.45, 2.75) is 19.4 Å². The molecule has 2 rings (SSSR count). The highest BCUT2D eigenvalue weighted by Crippen LogP contribution is 2.16. The van der Waals surface area contributed by atoms with Gasteiger partial charge in [0.2, 0.25) is 0 Å². The van der Waals surface area contributed by atoms with Gasteiger partial charge in [-0.15, -0.1) is 0 Å². The molecule has 0 radical (unpaired) electrons. The van der Waals surface area contributed by atoms with Crippen molar-refractivity contribution >= 4 is 0 Å². The minimum Gasteiger partial charge on any atom is -0.310 e. The Morgan fingerprint density at radius 2 is 1.65 bits per heavy atom. The van der Waals surface area contributed by atoms with Crippen molar-refractivity contribution in [2.75, 3.05) is 6.54 Å². The second kappa shape index (κ2) is 6.57. The summed E-state index contributed by atoms with van der Waals surface area (Å²) in [6.07, 6.45) is 0.480. The number of halogens is 3. The summed E-state index contributed by atoms with van der Waals surface area (Å²) in [7, 11) is 0. The number of hydrogen-bond acceptors (Lipinski definition) is 1. The highest BCUT2D eigenvalue weighted by Gasteiger charge is 2.09. The summed E-state index contributed by atoms with van der Waals surface area (Å²) in [4.78, 5) is 0. The lowest BCUT2D eigenvalue weighted by Crippen LogP contribution is -2.22. The first-order valence-corrected chi connectivity index (χ1v) is 6.49. The van der Waals surface area contributed by atoms with Crippen LogP contribution in [0.5, 0.6) is 0 Å². The monoisotopic (exact) mass is 279 g/mol. The van der Waals surface area contributed by atoms with Crippen molar-refractivity contribution in [2.24, 2.45) is 0 Å². The fourth-order valence-corrected chi connectivity index (χ4v) is 2.12. The molecule has 0 fully saturated rings. The van der Waals surface area contributed by atoms with Crippen LogP contribution < -0.4 is 5.32 Å². The number of hydrogen-bond donors (Lipinski definition) is 1. The van der Waals surface area contributed by atoms with Gasteiger partial charge in [0, 0.05) is 17.7 Å². The Balaban J connectivity index is 1.91. The standard InChI is InChI=1S/C16H16F3N/c1-11(15-4-2-3-5-16(15)19)20-7-6-12-8-13(17)10-14(18)9-12/h2-5,8-11,20H,6-7H2,1H3. The van der Waals surface area contributed by atoms with Crippen LogP contribution in [0.4, 0.5) is 13.2 Å². The molecule has 0 amide bonds. The summed E-state index contributed by atoms with van der Waals surface area (Å²) < 4.78 is 39.6. The van der Waals surface area contributed by atoms with Gasteiger partial charge in [0.1, 0.15) is 17.5 Å². The zero-order valence-corrected chi connectivity index (χ0v) is 11.2. The fraction of sp³-hybridized carbons (Fsp3) is 0.250. The quantitative estimate of drug-likeness (QED) is 0.872. The third kappa shape index (κ3) is 3.84. The predicted molar refractivity (Wildman–Crippen MR) is 72.9 cm³/mol. The topological polar surface area (TPSA) is 12.0 Å². The van der Waals surface area contributed by atoms with Crippen LogP contribution in [0.2, 0.25) is 0 Å². The normalized spacial score (nSPS) is 12.4. The predicted octanol–water partition coefficient (Wildman–Crippen LogP) is 4.00. The van der Waals surface area contributed by atoms with Crippen LogP contribution in [0.3, 0.4) is 0 Å². The molecule has 0 aromatic heterocycles. The van der Waals surface area contributed by atoms with E-state index >= 15 is 0 Å². The Labute approximate surface area is 116 Å². The molecular formula is C16H16F3N. The molecule has 1 N–H and O–H groups in total. The summed E-state index contributed by atoms with van der Waals surface area (Å²) in [5, 5.41) is 3.14. The molecular weight excluding hydrogens is 263 g/mol. The lowest BCUT2D eigenvalue weighted by Gasteiger charge is -2.15. The SMILES string of the molecule is CC(NCCc1cc(F)cc(F)c1)c1ccccc1F. The lowest BCUT2D eigenvalue weighted by molar-refractivity contribution is 0.529. The van der Waals surface area contributed by atoms with Crippen molar-refractivity contribution in [3.8, 4) is 0 Å². The number of benzene rings is 2. The first kappa shape index (κ1) is 14.6. The molecule has 0 saturated heterocycles. The molecule has 106 valence electrons. The van der Waals surface area contributed by atoms with Crippen LogP contribution in [0.1, 0.15) is 24.1 Å². The first-order valence-electron chi connectivity index (χ1n) is 6.49. The van der Waals surface area contributed by atoms with Crippen LogP contribution in [0.25, 0.3) is 0 Å². The lowest BCUT2D eigenvalue weighted by atomic mass is 10.1. The van der Waals surface area contributed by atoms with Gasteiger partial charge >= 0.3 is 0 Å². The molecule has 0 aliphatic heterocycles. The summed E-state index contributed by atoms with van der Waals surface area (Å²) in [6.45, 7) is 2.36. The molecule has 20 heavy (non-hydrogen) atoms. The average Bonchev–Trinajstić information content (AvgIpc) is 2.38. The Morgan fingerprint density at radius 1 is 1.00 bits per heavy atom. The van der Waals surface area contributed by atoms with E-state index in [0.717, 1.165) is 6.07 Å². The minimum absolute atomic E-state index is 0.158. The summed E-state index contributed by atoms with van der Waals surface area (Å²) in [5.41, 5.74) is 1.16. The molecule has 2 aromatic carbocycles. The van der Waals surface area contributed by atoms with E-state index in [1.165, 1.54) is 18.2 Å². The van der Waals surface area contributed by atoms with E-state index in [1.54, 1.807) is 18.2 Å². The van der Waals surface area contributed by atoms with Crippen LogP contribution >= 0.6 is 0 Å². The van der Waals surface area contributed by atoms with Gasteiger partial charge in [0.25, 0.3) is 0 Å². The smallest absolute Gasteiger partial charge is 0.127 e. The molecule has 0 aliphatic rings. The zero-order chi connectivity index (χ0) is 14.5. The largest absolute Gasteiger partial charge is 0.310 e. The Morgan fingerprint density at radius 3 is 2.30 bits per heavy atom. The molecule has 0 heterocycles. The van der Waals surface area contributed by atoms with Crippen LogP contribution in [-0.4, -0.2) is 6.54 Å². The number of nitrogens with one attached hydrogen (secondary N) is 1. The molecule has 1 nitrogen and oxygen atoms in total. The van der Waals surface area contributed by atoms with Crippen molar-refractivity contribution in [3.05, 3.63) is 71.0 Å². The molecule has 1 atom stereocenters. The van der Waals surface area contributed by atoms with E-state index in [9.17, 15) is 13.2 Å². The van der Waals surface area contributed by atoms with Crippen LogP contribution in [0, 0.1) is 17.5 Å². The van der Waals surface area contributed by atoms with Crippen molar-refractivity contribution in [3.63, 3.8) is 0 Å². The van der Waals surface area contributed by atoms with E-state index in [2.05, 4.69) is 5.32 Å². The average molecular weight is 279 g/mol. The molecule has 0 bridgehead atoms. The van der Waals surface area contributed by atoms with Gasteiger partial charge in [-0.3, -0.25) is 0 Å². The van der Waals surface area contributed by atoms with Crippen molar-refractivity contribution in [1.82, 2.24) is 5.32 Å². The van der Waals surface area contributed by atoms with Gasteiger partial charge in [-0.1, -0.05) is 18.2 Å². The van der Waals surface area contributed by atoms with Gasteiger partial charge in [-0.25, -0.2) is 13.2 Å². The Kier molecular flexibility index (Phi) is 4.79. The molecule has 2 aromatic rings. The van der Waals surface area contributed by atoms with Crippen molar-refractivity contribution < 1.29 is 13.2 Å². The Hall–Kier alpha value is -1.81. The third-order valence-electron chi connectivity index (χ3n) is 3.16. The maximum Gasteiger partial charge on any atom is 0.127 e. The fourth-order valence-electron chi connectivity index (χ4n) is 2.12. The van der Waals surface area contributed by atoms with Crippen molar-refractivity contribution in [1.29, 1.82) is 0 Å². The second-order valence-corrected chi connectivity index (χ2v) is 4.73. The zero-order valence-electron chi connectivity index (χ0n) is 11.2. The maximum absolute atomic E-state index is 13.6. The van der Waals surface area contributed by atoms with Gasteiger partial charge in [-0.05, 0) is 43.7 Å². The van der Waals surface area contributed by atoms with Gasteiger partial charge < -0.3 is 5.32 Å². The summed E-state index contributed by atoms with van der Waals surface area (Å²) in [5.74, 6) is -1.42. The highest BCUT2D eigenvalue weighted by molar-refractivity contribution is 5.21. The Bertz CT molecular complexity index is 563. The van der Waals surface area contributed by atoms with E-state index < -0.39 is 11.6 Å². The van der Waals surface area contributed by atoms with Gasteiger partial charge in [0.05, 0.1) is 0 Å². The summed E-state index contributed by atoms with van der Waals surface area (Å²) in [6, 6.07) is 9.84. The molecule has 1 unspecified atom stereocenters. The van der Waals surface area contributed by atoms with E-state index in [1.807, 2.05) is 6.92 Å². The minimum atomic E-state index is -0.581. The van der Waals surface area contributed by atoms with Crippen LogP contribution in [-0.2, 0) is 6.42 Å². The van der Waals surface area contributed by atoms with E-state index in [0.29, 0.717) is 24.1 Å². The van der Waals surface area contributed by atoms with Gasteiger partial charge in [0.15, 0.2) is 0 Å². The summed E-state index contributed by atoms with van der Waals surface area (Å²) >= 11 is 0. The molecule has 0 aliphatic carbocycles. The number of rotatable bonds is 5. The highest BCUT2D eigenvalue weighted by atomic mass is 19.1. The van der Waals surface area contributed by atoms with Crippen LogP contribution in [0.15, 0.2) is 42.5 Å². The van der Waals surface area contributed by atoms with Gasteiger partial charge in [-0.2, -0.15) is 0 Å². The molecule has 0 saturated carbocycles. The third-order valence-corrected chi connectivity index (χ3v) is 3.16. The molecule has 0 spiro atoms. The second-order valence-electron chi connectivity index (χ2n) is 4.73. The first-order chi connectivity index (χ1) is 9.56.